The smallest absolute Gasteiger partial charge is 0.413 e. The second-order valence-corrected chi connectivity index (χ2v) is 7.69. The van der Waals surface area contributed by atoms with E-state index >= 15 is 0 Å². The van der Waals surface area contributed by atoms with Crippen LogP contribution in [0.4, 0.5) is 15.1 Å². The molecule has 5 rings (SSSR count). The van der Waals surface area contributed by atoms with Gasteiger partial charge in [0.25, 0.3) is 5.56 Å². The van der Waals surface area contributed by atoms with Crippen LogP contribution in [0.2, 0.25) is 0 Å². The molecule has 0 fully saturated rings. The molecule has 5 aromatic rings. The molecule has 3 aromatic carbocycles. The van der Waals surface area contributed by atoms with Gasteiger partial charge in [0.05, 0.1) is 28.7 Å². The van der Waals surface area contributed by atoms with E-state index in [1.807, 2.05) is 30.3 Å². The summed E-state index contributed by atoms with van der Waals surface area (Å²) in [6.07, 6.45) is -0.370. The summed E-state index contributed by atoms with van der Waals surface area (Å²) < 4.78 is 19.6. The van der Waals surface area contributed by atoms with Crippen LogP contribution in [0.25, 0.3) is 32.9 Å². The van der Waals surface area contributed by atoms with Gasteiger partial charge in [-0.2, -0.15) is 5.10 Å². The quantitative estimate of drug-likeness (QED) is 0.352. The van der Waals surface area contributed by atoms with Crippen molar-refractivity contribution < 1.29 is 13.9 Å². The van der Waals surface area contributed by atoms with E-state index in [4.69, 9.17) is 4.74 Å². The molecule has 1 amide bonds. The maximum Gasteiger partial charge on any atom is 0.413 e. The lowest BCUT2D eigenvalue weighted by Crippen LogP contribution is -2.14. The van der Waals surface area contributed by atoms with Gasteiger partial charge in [0.2, 0.25) is 5.95 Å². The maximum absolute atomic E-state index is 14.7. The molecule has 0 saturated heterocycles. The summed E-state index contributed by atoms with van der Waals surface area (Å²) >= 11 is 0. The monoisotopic (exact) mass is 457 g/mol. The van der Waals surface area contributed by atoms with Gasteiger partial charge in [0, 0.05) is 11.8 Å². The first-order chi connectivity index (χ1) is 16.5. The molecule has 0 bridgehead atoms. The van der Waals surface area contributed by atoms with Crippen LogP contribution in [0.3, 0.4) is 0 Å². The number of nitrogens with one attached hydrogen (secondary N) is 3. The highest BCUT2D eigenvalue weighted by atomic mass is 19.1. The molecule has 9 heteroatoms. The molecule has 34 heavy (non-hydrogen) atoms. The van der Waals surface area contributed by atoms with Crippen molar-refractivity contribution in [3.8, 4) is 11.1 Å². The fourth-order valence-electron chi connectivity index (χ4n) is 3.89. The van der Waals surface area contributed by atoms with E-state index in [1.165, 1.54) is 6.07 Å². The number of H-pyrrole nitrogens is 2. The molecular weight excluding hydrogens is 437 g/mol. The summed E-state index contributed by atoms with van der Waals surface area (Å²) in [5.41, 5.74) is 3.80. The van der Waals surface area contributed by atoms with Crippen molar-refractivity contribution in [1.82, 2.24) is 20.2 Å². The van der Waals surface area contributed by atoms with Gasteiger partial charge < -0.3 is 9.72 Å². The third kappa shape index (κ3) is 4.11. The molecule has 0 saturated carbocycles. The Bertz CT molecular complexity index is 1590. The zero-order valence-corrected chi connectivity index (χ0v) is 18.2. The standard InChI is InChI=1S/C25H20FN5O3/c1-2-34-25(33)29-24-27-20-10-8-15(12-22(20)28-24)14-7-9-19(26)16(11-14)13-21-17-5-3-4-6-18(17)23(32)31-30-21/h3-12H,2,13H2,1H3,(H,31,32)(H2,27,28,29,33). The second-order valence-electron chi connectivity index (χ2n) is 7.69. The number of amides is 1. The van der Waals surface area contributed by atoms with Crippen molar-refractivity contribution >= 4 is 33.8 Å². The van der Waals surface area contributed by atoms with Crippen LogP contribution in [0.15, 0.2) is 65.5 Å². The number of carbonyl (C=O) groups is 1. The van der Waals surface area contributed by atoms with Gasteiger partial charge in [-0.1, -0.05) is 30.3 Å². The van der Waals surface area contributed by atoms with Gasteiger partial charge in [-0.15, -0.1) is 0 Å². The highest BCUT2D eigenvalue weighted by Gasteiger charge is 2.13. The zero-order chi connectivity index (χ0) is 23.7. The second kappa shape index (κ2) is 8.78. The number of aromatic nitrogens is 4. The average Bonchev–Trinajstić information content (AvgIpc) is 3.24. The normalized spacial score (nSPS) is 11.1. The molecule has 170 valence electrons. The topological polar surface area (TPSA) is 113 Å². The number of imidazole rings is 1. The Morgan fingerprint density at radius 2 is 1.82 bits per heavy atom. The van der Waals surface area contributed by atoms with Gasteiger partial charge in [-0.05, 0) is 53.9 Å². The van der Waals surface area contributed by atoms with Crippen molar-refractivity contribution in [2.75, 3.05) is 11.9 Å². The third-order valence-electron chi connectivity index (χ3n) is 5.49. The Morgan fingerprint density at radius 1 is 1.06 bits per heavy atom. The fraction of sp³-hybridized carbons (Fsp3) is 0.120. The lowest BCUT2D eigenvalue weighted by atomic mass is 9.98. The van der Waals surface area contributed by atoms with Crippen molar-refractivity contribution in [2.45, 2.75) is 13.3 Å². The first kappa shape index (κ1) is 21.3. The summed E-state index contributed by atoms with van der Waals surface area (Å²) in [6.45, 7) is 1.98. The van der Waals surface area contributed by atoms with Crippen molar-refractivity contribution in [1.29, 1.82) is 0 Å². The number of aromatic amines is 2. The number of anilines is 1. The van der Waals surface area contributed by atoms with E-state index in [0.29, 0.717) is 33.1 Å². The molecule has 8 nitrogen and oxygen atoms in total. The molecule has 3 N–H and O–H groups in total. The molecular formula is C25H20FN5O3. The highest BCUT2D eigenvalue weighted by molar-refractivity contribution is 5.88. The minimum atomic E-state index is -0.589. The van der Waals surface area contributed by atoms with E-state index in [2.05, 4.69) is 25.5 Å². The van der Waals surface area contributed by atoms with Crippen LogP contribution in [0.1, 0.15) is 18.2 Å². The van der Waals surface area contributed by atoms with Gasteiger partial charge in [-0.3, -0.25) is 10.1 Å². The number of benzene rings is 3. The van der Waals surface area contributed by atoms with Gasteiger partial charge >= 0.3 is 6.09 Å². The maximum atomic E-state index is 14.7. The van der Waals surface area contributed by atoms with Crippen molar-refractivity contribution in [3.63, 3.8) is 0 Å². The first-order valence-corrected chi connectivity index (χ1v) is 10.7. The number of ether oxygens (including phenoxy) is 1. The summed E-state index contributed by atoms with van der Waals surface area (Å²) in [5, 5.41) is 10.4. The van der Waals surface area contributed by atoms with Gasteiger partial charge in [0.15, 0.2) is 0 Å². The van der Waals surface area contributed by atoms with Crippen LogP contribution < -0.4 is 10.9 Å². The lowest BCUT2D eigenvalue weighted by molar-refractivity contribution is 0.167. The average molecular weight is 457 g/mol. The molecule has 2 aromatic heterocycles. The summed E-state index contributed by atoms with van der Waals surface area (Å²) in [7, 11) is 0. The molecule has 0 aliphatic rings. The van der Waals surface area contributed by atoms with E-state index in [1.54, 1.807) is 31.2 Å². The Balaban J connectivity index is 1.47. The summed E-state index contributed by atoms with van der Waals surface area (Å²) in [4.78, 5) is 31.1. The molecule has 0 aliphatic heterocycles. The third-order valence-corrected chi connectivity index (χ3v) is 5.49. The Kier molecular flexibility index (Phi) is 5.51. The van der Waals surface area contributed by atoms with Crippen molar-refractivity contribution in [2.24, 2.45) is 0 Å². The van der Waals surface area contributed by atoms with E-state index < -0.39 is 6.09 Å². The van der Waals surface area contributed by atoms with Crippen LogP contribution in [0.5, 0.6) is 0 Å². The SMILES string of the molecule is CCOC(=O)Nc1nc2ccc(-c3ccc(F)c(Cc4n[nH]c(=O)c5ccccc45)c3)cc2[nH]1. The van der Waals surface area contributed by atoms with Crippen LogP contribution in [-0.4, -0.2) is 32.9 Å². The predicted molar refractivity (Wildman–Crippen MR) is 127 cm³/mol. The summed E-state index contributed by atoms with van der Waals surface area (Å²) in [6, 6.07) is 17.6. The summed E-state index contributed by atoms with van der Waals surface area (Å²) in [5.74, 6) is -0.0780. The molecule has 0 atom stereocenters. The number of fused-ring (bicyclic) bond motifs is 2. The number of halogens is 1. The van der Waals surface area contributed by atoms with Crippen molar-refractivity contribution in [3.05, 3.63) is 88.1 Å². The Hall–Kier alpha value is -4.53. The fourth-order valence-corrected chi connectivity index (χ4v) is 3.89. The lowest BCUT2D eigenvalue weighted by Gasteiger charge is -2.09. The van der Waals surface area contributed by atoms with Crippen LogP contribution in [-0.2, 0) is 11.2 Å². The number of hydrogen-bond acceptors (Lipinski definition) is 5. The molecule has 0 aliphatic carbocycles. The number of hydrogen-bond donors (Lipinski definition) is 3. The Labute approximate surface area is 192 Å². The molecule has 2 heterocycles. The minimum Gasteiger partial charge on any atom is -0.450 e. The van der Waals surface area contributed by atoms with E-state index in [-0.39, 0.29) is 30.4 Å². The predicted octanol–water partition coefficient (Wildman–Crippen LogP) is 4.76. The van der Waals surface area contributed by atoms with Gasteiger partial charge in [0.1, 0.15) is 5.82 Å². The first-order valence-electron chi connectivity index (χ1n) is 10.7. The largest absolute Gasteiger partial charge is 0.450 e. The Morgan fingerprint density at radius 3 is 2.65 bits per heavy atom. The molecule has 0 radical (unpaired) electrons. The number of carbonyl (C=O) groups excluding carboxylic acids is 1. The minimum absolute atomic E-state index is 0.219. The number of rotatable bonds is 5. The molecule has 0 spiro atoms. The van der Waals surface area contributed by atoms with E-state index in [9.17, 15) is 14.0 Å². The highest BCUT2D eigenvalue weighted by Crippen LogP contribution is 2.27. The number of nitrogens with zero attached hydrogens (tertiary/aromatic N) is 2. The van der Waals surface area contributed by atoms with Crippen LogP contribution in [0, 0.1) is 5.82 Å². The van der Waals surface area contributed by atoms with Crippen LogP contribution >= 0.6 is 0 Å². The van der Waals surface area contributed by atoms with E-state index in [0.717, 1.165) is 11.1 Å². The zero-order valence-electron chi connectivity index (χ0n) is 18.2. The molecule has 0 unspecified atom stereocenters. The van der Waals surface area contributed by atoms with Gasteiger partial charge in [-0.25, -0.2) is 19.3 Å².